The van der Waals surface area contributed by atoms with Gasteiger partial charge in [0.15, 0.2) is 0 Å². The number of rotatable bonds is 3. The predicted octanol–water partition coefficient (Wildman–Crippen LogP) is 3.27. The molecule has 3 nitrogen and oxygen atoms in total. The second kappa shape index (κ2) is 5.63. The number of benzene rings is 1. The largest absolute Gasteiger partial charge is 0.493 e. The zero-order valence-electron chi connectivity index (χ0n) is 10.3. The van der Waals surface area contributed by atoms with Crippen LogP contribution in [0.1, 0.15) is 17.2 Å². The van der Waals surface area contributed by atoms with Crippen molar-refractivity contribution >= 4 is 27.3 Å². The highest BCUT2D eigenvalue weighted by Crippen LogP contribution is 2.36. The third-order valence-electron chi connectivity index (χ3n) is 3.54. The molecule has 2 heterocycles. The summed E-state index contributed by atoms with van der Waals surface area (Å²) in [6, 6.07) is 8.31. The lowest BCUT2D eigenvalue weighted by atomic mass is 9.88. The molecular weight excluding hydrogens is 324 g/mol. The first-order valence-corrected chi connectivity index (χ1v) is 7.91. The smallest absolute Gasteiger partial charge is 0.122 e. The fourth-order valence-corrected chi connectivity index (χ4v) is 4.14. The number of fused-ring (bicyclic) bond motifs is 1. The van der Waals surface area contributed by atoms with Gasteiger partial charge in [0.1, 0.15) is 5.75 Å². The van der Waals surface area contributed by atoms with Crippen molar-refractivity contribution in [2.75, 3.05) is 6.61 Å². The molecule has 3 rings (SSSR count). The number of para-hydroxylation sites is 1. The molecule has 1 aromatic heterocycles. The minimum Gasteiger partial charge on any atom is -0.493 e. The summed E-state index contributed by atoms with van der Waals surface area (Å²) in [4.78, 5) is 0. The van der Waals surface area contributed by atoms with Crippen molar-refractivity contribution in [2.24, 2.45) is 11.8 Å². The van der Waals surface area contributed by atoms with E-state index in [1.165, 1.54) is 11.1 Å². The Bertz CT molecular complexity index is 572. The van der Waals surface area contributed by atoms with Crippen LogP contribution in [0.15, 0.2) is 39.5 Å². The third kappa shape index (κ3) is 2.56. The Morgan fingerprint density at radius 2 is 2.21 bits per heavy atom. The second-order valence-corrected chi connectivity index (χ2v) is 6.30. The van der Waals surface area contributed by atoms with Gasteiger partial charge in [-0.2, -0.15) is 11.3 Å². The van der Waals surface area contributed by atoms with E-state index in [1.807, 2.05) is 12.1 Å². The quantitative estimate of drug-likeness (QED) is 0.667. The SMILES string of the molecule is NNC(c1cscc1Br)C1COc2ccccc2C1. The maximum atomic E-state index is 5.85. The van der Waals surface area contributed by atoms with Crippen molar-refractivity contribution in [3.05, 3.63) is 50.6 Å². The average molecular weight is 339 g/mol. The standard InChI is InChI=1S/C14H15BrN2OS/c15-12-8-19-7-11(12)14(17-16)10-5-9-3-1-2-4-13(9)18-6-10/h1-4,7-8,10,14,17H,5-6,16H2. The van der Waals surface area contributed by atoms with E-state index in [2.05, 4.69) is 44.2 Å². The first kappa shape index (κ1) is 13.1. The number of thiophene rings is 1. The van der Waals surface area contributed by atoms with Gasteiger partial charge in [-0.05, 0) is 44.9 Å². The van der Waals surface area contributed by atoms with Crippen molar-refractivity contribution in [1.29, 1.82) is 0 Å². The molecule has 0 saturated carbocycles. The number of hydrogen-bond donors (Lipinski definition) is 2. The second-order valence-electron chi connectivity index (χ2n) is 4.70. The molecule has 0 amide bonds. The number of nitrogens with two attached hydrogens (primary N) is 1. The molecule has 1 aliphatic rings. The number of nitrogens with one attached hydrogen (secondary N) is 1. The van der Waals surface area contributed by atoms with Crippen LogP contribution >= 0.6 is 27.3 Å². The summed E-state index contributed by atoms with van der Waals surface area (Å²) >= 11 is 5.26. The molecule has 0 bridgehead atoms. The number of halogens is 1. The molecule has 19 heavy (non-hydrogen) atoms. The summed E-state index contributed by atoms with van der Waals surface area (Å²) in [5.74, 6) is 7.10. The van der Waals surface area contributed by atoms with E-state index >= 15 is 0 Å². The van der Waals surface area contributed by atoms with Gasteiger partial charge in [0.25, 0.3) is 0 Å². The Hall–Kier alpha value is -0.880. The van der Waals surface area contributed by atoms with Gasteiger partial charge in [-0.1, -0.05) is 18.2 Å². The molecule has 3 N–H and O–H groups in total. The van der Waals surface area contributed by atoms with Crippen LogP contribution in [0.25, 0.3) is 0 Å². The van der Waals surface area contributed by atoms with E-state index in [0.717, 1.165) is 16.6 Å². The van der Waals surface area contributed by atoms with E-state index in [9.17, 15) is 0 Å². The Morgan fingerprint density at radius 3 is 2.95 bits per heavy atom. The molecule has 1 aromatic carbocycles. The number of hydrazine groups is 1. The summed E-state index contributed by atoms with van der Waals surface area (Å²) in [5, 5.41) is 4.21. The minimum atomic E-state index is 0.106. The van der Waals surface area contributed by atoms with Crippen LogP contribution in [0, 0.1) is 5.92 Å². The normalized spacial score (nSPS) is 19.6. The molecule has 2 unspecified atom stereocenters. The van der Waals surface area contributed by atoms with Gasteiger partial charge in [0.05, 0.1) is 12.6 Å². The van der Waals surface area contributed by atoms with Crippen LogP contribution < -0.4 is 16.0 Å². The van der Waals surface area contributed by atoms with Crippen LogP contribution in [0.2, 0.25) is 0 Å². The van der Waals surface area contributed by atoms with Crippen molar-refractivity contribution in [1.82, 2.24) is 5.43 Å². The Labute approximate surface area is 124 Å². The van der Waals surface area contributed by atoms with Crippen LogP contribution in [-0.2, 0) is 6.42 Å². The average Bonchev–Trinajstić information content (AvgIpc) is 2.86. The van der Waals surface area contributed by atoms with Crippen LogP contribution in [0.3, 0.4) is 0 Å². The van der Waals surface area contributed by atoms with Gasteiger partial charge in [-0.25, -0.2) is 0 Å². The molecule has 0 radical (unpaired) electrons. The van der Waals surface area contributed by atoms with Crippen molar-refractivity contribution < 1.29 is 4.74 Å². The lowest BCUT2D eigenvalue weighted by Crippen LogP contribution is -2.38. The molecule has 0 spiro atoms. The molecular formula is C14H15BrN2OS. The maximum Gasteiger partial charge on any atom is 0.122 e. The summed E-state index contributed by atoms with van der Waals surface area (Å²) in [5.41, 5.74) is 5.41. The van der Waals surface area contributed by atoms with Crippen molar-refractivity contribution in [3.8, 4) is 5.75 Å². The van der Waals surface area contributed by atoms with Crippen molar-refractivity contribution in [2.45, 2.75) is 12.5 Å². The highest BCUT2D eigenvalue weighted by Gasteiger charge is 2.29. The Morgan fingerprint density at radius 1 is 1.37 bits per heavy atom. The molecule has 2 atom stereocenters. The highest BCUT2D eigenvalue weighted by atomic mass is 79.9. The van der Waals surface area contributed by atoms with E-state index < -0.39 is 0 Å². The van der Waals surface area contributed by atoms with E-state index in [0.29, 0.717) is 12.5 Å². The van der Waals surface area contributed by atoms with Gasteiger partial charge in [-0.15, -0.1) is 0 Å². The lowest BCUT2D eigenvalue weighted by Gasteiger charge is -2.31. The van der Waals surface area contributed by atoms with Gasteiger partial charge in [0.2, 0.25) is 0 Å². The molecule has 100 valence electrons. The van der Waals surface area contributed by atoms with Crippen LogP contribution in [0.5, 0.6) is 5.75 Å². The molecule has 0 aliphatic carbocycles. The lowest BCUT2D eigenvalue weighted by molar-refractivity contribution is 0.185. The van der Waals surface area contributed by atoms with E-state index in [-0.39, 0.29) is 6.04 Å². The monoisotopic (exact) mass is 338 g/mol. The molecule has 5 heteroatoms. The Balaban J connectivity index is 1.85. The summed E-state index contributed by atoms with van der Waals surface area (Å²) in [6.45, 7) is 0.689. The molecule has 0 fully saturated rings. The molecule has 1 aliphatic heterocycles. The highest BCUT2D eigenvalue weighted by molar-refractivity contribution is 9.10. The molecule has 0 saturated heterocycles. The number of ether oxygens (including phenoxy) is 1. The van der Waals surface area contributed by atoms with Gasteiger partial charge in [0, 0.05) is 15.8 Å². The fourth-order valence-electron chi connectivity index (χ4n) is 2.56. The summed E-state index contributed by atoms with van der Waals surface area (Å²) in [6.07, 6.45) is 0.979. The predicted molar refractivity (Wildman–Crippen MR) is 81.2 cm³/mol. The fraction of sp³-hybridized carbons (Fsp3) is 0.286. The van der Waals surface area contributed by atoms with Gasteiger partial charge >= 0.3 is 0 Å². The van der Waals surface area contributed by atoms with E-state index in [4.69, 9.17) is 10.6 Å². The number of hydrogen-bond acceptors (Lipinski definition) is 4. The van der Waals surface area contributed by atoms with Crippen molar-refractivity contribution in [3.63, 3.8) is 0 Å². The first-order chi connectivity index (χ1) is 9.29. The van der Waals surface area contributed by atoms with Gasteiger partial charge in [-0.3, -0.25) is 11.3 Å². The Kier molecular flexibility index (Phi) is 3.88. The summed E-state index contributed by atoms with van der Waals surface area (Å²) in [7, 11) is 0. The van der Waals surface area contributed by atoms with Gasteiger partial charge < -0.3 is 4.74 Å². The van der Waals surface area contributed by atoms with E-state index in [1.54, 1.807) is 11.3 Å². The minimum absolute atomic E-state index is 0.106. The van der Waals surface area contributed by atoms with Crippen LogP contribution in [0.4, 0.5) is 0 Å². The zero-order valence-corrected chi connectivity index (χ0v) is 12.7. The molecule has 2 aromatic rings. The van der Waals surface area contributed by atoms with Crippen LogP contribution in [-0.4, -0.2) is 6.61 Å². The zero-order chi connectivity index (χ0) is 13.2. The first-order valence-electron chi connectivity index (χ1n) is 6.18. The summed E-state index contributed by atoms with van der Waals surface area (Å²) < 4.78 is 6.96. The maximum absolute atomic E-state index is 5.85. The topological polar surface area (TPSA) is 47.3 Å². The third-order valence-corrected chi connectivity index (χ3v) is 5.29.